The number of anilines is 3. The van der Waals surface area contributed by atoms with E-state index in [0.29, 0.717) is 22.0 Å². The zero-order chi connectivity index (χ0) is 23.7. The summed E-state index contributed by atoms with van der Waals surface area (Å²) < 4.78 is 5.43. The summed E-state index contributed by atoms with van der Waals surface area (Å²) >= 11 is 1.35. The highest BCUT2D eigenvalue weighted by Crippen LogP contribution is 2.37. The van der Waals surface area contributed by atoms with Gasteiger partial charge in [0.15, 0.2) is 0 Å². The molecular weight excluding hydrogens is 452 g/mol. The van der Waals surface area contributed by atoms with Crippen LogP contribution in [0.25, 0.3) is 0 Å². The van der Waals surface area contributed by atoms with E-state index in [-0.39, 0.29) is 30.9 Å². The Morgan fingerprint density at radius 3 is 2.97 bits per heavy atom. The summed E-state index contributed by atoms with van der Waals surface area (Å²) in [5.41, 5.74) is 4.29. The highest BCUT2D eigenvalue weighted by molar-refractivity contribution is 7.09. The standard InChI is InChI=1S/C25H24N4O4S/c1-15-5-2-3-6-18(15)27-22(30)12-23-26-17(14-34-23)13-33-25(32)16-8-9-20-19(11-16)28-24(31)21-7-4-10-29(20)21/h2-3,5-6,8-9,11,14,21H,4,7,10,12-13H2,1H3,(H,27,30)(H,28,31)/t21-/m1/s1. The minimum absolute atomic E-state index is 0.00634. The predicted octanol–water partition coefficient (Wildman–Crippen LogP) is 3.91. The smallest absolute Gasteiger partial charge is 0.338 e. The van der Waals surface area contributed by atoms with Crippen LogP contribution in [-0.4, -0.2) is 35.4 Å². The summed E-state index contributed by atoms with van der Waals surface area (Å²) in [7, 11) is 0. The third-order valence-corrected chi connectivity index (χ3v) is 6.93. The Bertz CT molecular complexity index is 1270. The van der Waals surface area contributed by atoms with Crippen molar-refractivity contribution in [1.29, 1.82) is 0 Å². The van der Waals surface area contributed by atoms with Crippen LogP contribution in [0.1, 0.15) is 39.5 Å². The van der Waals surface area contributed by atoms with E-state index in [1.54, 1.807) is 17.5 Å². The van der Waals surface area contributed by atoms with Gasteiger partial charge in [-0.15, -0.1) is 11.3 Å². The van der Waals surface area contributed by atoms with E-state index in [4.69, 9.17) is 4.74 Å². The van der Waals surface area contributed by atoms with E-state index >= 15 is 0 Å². The summed E-state index contributed by atoms with van der Waals surface area (Å²) in [5.74, 6) is -0.673. The average molecular weight is 477 g/mol. The third-order valence-electron chi connectivity index (χ3n) is 6.04. The Morgan fingerprint density at radius 2 is 2.12 bits per heavy atom. The molecule has 1 saturated heterocycles. The molecule has 34 heavy (non-hydrogen) atoms. The van der Waals surface area contributed by atoms with Crippen molar-refractivity contribution in [3.63, 3.8) is 0 Å². The summed E-state index contributed by atoms with van der Waals surface area (Å²) in [6.07, 6.45) is 1.97. The number of amides is 2. The van der Waals surface area contributed by atoms with Gasteiger partial charge in [0, 0.05) is 17.6 Å². The molecule has 1 fully saturated rings. The Hall–Kier alpha value is -3.72. The molecule has 2 N–H and O–H groups in total. The second-order valence-corrected chi connectivity index (χ2v) is 9.36. The van der Waals surface area contributed by atoms with Crippen LogP contribution < -0.4 is 15.5 Å². The number of aromatic nitrogens is 1. The molecule has 0 aliphatic carbocycles. The third kappa shape index (κ3) is 4.51. The molecule has 2 aromatic carbocycles. The first-order valence-corrected chi connectivity index (χ1v) is 12.0. The average Bonchev–Trinajstić information content (AvgIpc) is 3.49. The minimum atomic E-state index is -0.493. The number of para-hydroxylation sites is 1. The Morgan fingerprint density at radius 1 is 1.26 bits per heavy atom. The number of benzene rings is 2. The van der Waals surface area contributed by atoms with E-state index in [1.807, 2.05) is 37.3 Å². The largest absolute Gasteiger partial charge is 0.456 e. The Kier molecular flexibility index (Phi) is 6.02. The van der Waals surface area contributed by atoms with E-state index in [9.17, 15) is 14.4 Å². The summed E-state index contributed by atoms with van der Waals surface area (Å²) in [4.78, 5) is 43.8. The molecule has 2 aliphatic heterocycles. The van der Waals surface area contributed by atoms with Gasteiger partial charge in [-0.1, -0.05) is 18.2 Å². The van der Waals surface area contributed by atoms with E-state index in [2.05, 4.69) is 20.5 Å². The number of aryl methyl sites for hydroxylation is 1. The van der Waals surface area contributed by atoms with Gasteiger partial charge >= 0.3 is 5.97 Å². The highest BCUT2D eigenvalue weighted by atomic mass is 32.1. The van der Waals surface area contributed by atoms with Gasteiger partial charge in [-0.05, 0) is 49.6 Å². The fourth-order valence-corrected chi connectivity index (χ4v) is 5.10. The molecule has 174 valence electrons. The van der Waals surface area contributed by atoms with Gasteiger partial charge in [-0.25, -0.2) is 9.78 Å². The molecule has 2 amide bonds. The van der Waals surface area contributed by atoms with Gasteiger partial charge in [-0.3, -0.25) is 9.59 Å². The molecule has 0 saturated carbocycles. The molecule has 2 aliphatic rings. The molecule has 5 rings (SSSR count). The van der Waals surface area contributed by atoms with Crippen molar-refractivity contribution in [1.82, 2.24) is 4.98 Å². The zero-order valence-corrected chi connectivity index (χ0v) is 19.5. The Balaban J connectivity index is 1.17. The van der Waals surface area contributed by atoms with Gasteiger partial charge in [-0.2, -0.15) is 0 Å². The topological polar surface area (TPSA) is 101 Å². The van der Waals surface area contributed by atoms with E-state index in [0.717, 1.165) is 36.3 Å². The molecule has 0 bridgehead atoms. The Labute approximate surface area is 201 Å². The molecular formula is C25H24N4O4S. The molecule has 8 nitrogen and oxygen atoms in total. The predicted molar refractivity (Wildman–Crippen MR) is 130 cm³/mol. The fraction of sp³-hybridized carbons (Fsp3) is 0.280. The molecule has 3 heterocycles. The number of carbonyl (C=O) groups excluding carboxylic acids is 3. The molecule has 1 aromatic heterocycles. The number of thiazole rings is 1. The lowest BCUT2D eigenvalue weighted by Gasteiger charge is -2.33. The van der Waals surface area contributed by atoms with Crippen molar-refractivity contribution in [2.45, 2.75) is 38.8 Å². The van der Waals surface area contributed by atoms with Crippen LogP contribution in [0.3, 0.4) is 0 Å². The van der Waals surface area contributed by atoms with Crippen molar-refractivity contribution >= 4 is 46.2 Å². The first kappa shape index (κ1) is 22.1. The molecule has 3 aromatic rings. The van der Waals surface area contributed by atoms with Gasteiger partial charge in [0.1, 0.15) is 17.7 Å². The number of carbonyl (C=O) groups is 3. The van der Waals surface area contributed by atoms with Gasteiger partial charge in [0.25, 0.3) is 0 Å². The van der Waals surface area contributed by atoms with Gasteiger partial charge in [0.05, 0.1) is 29.1 Å². The number of rotatable bonds is 6. The van der Waals surface area contributed by atoms with Crippen molar-refractivity contribution < 1.29 is 19.1 Å². The number of ether oxygens (including phenoxy) is 1. The molecule has 0 radical (unpaired) electrons. The lowest BCUT2D eigenvalue weighted by Crippen LogP contribution is -2.43. The first-order chi connectivity index (χ1) is 16.5. The summed E-state index contributed by atoms with van der Waals surface area (Å²) in [6, 6.07) is 12.7. The van der Waals surface area contributed by atoms with Crippen molar-refractivity contribution in [3.8, 4) is 0 Å². The van der Waals surface area contributed by atoms with E-state index in [1.165, 1.54) is 11.3 Å². The van der Waals surface area contributed by atoms with Crippen LogP contribution in [0, 0.1) is 6.92 Å². The maximum Gasteiger partial charge on any atom is 0.338 e. The monoisotopic (exact) mass is 476 g/mol. The maximum atomic E-state index is 12.6. The van der Waals surface area contributed by atoms with Crippen LogP contribution in [-0.2, 0) is 27.4 Å². The quantitative estimate of drug-likeness (QED) is 0.523. The lowest BCUT2D eigenvalue weighted by atomic mass is 10.1. The number of nitrogens with zero attached hydrogens (tertiary/aromatic N) is 2. The second kappa shape index (κ2) is 9.26. The highest BCUT2D eigenvalue weighted by Gasteiger charge is 2.36. The number of nitrogens with one attached hydrogen (secondary N) is 2. The second-order valence-electron chi connectivity index (χ2n) is 8.42. The maximum absolute atomic E-state index is 12.6. The van der Waals surface area contributed by atoms with Crippen LogP contribution >= 0.6 is 11.3 Å². The number of fused-ring (bicyclic) bond motifs is 3. The number of hydrogen-bond acceptors (Lipinski definition) is 7. The molecule has 1 atom stereocenters. The first-order valence-electron chi connectivity index (χ1n) is 11.2. The van der Waals surface area contributed by atoms with Crippen LogP contribution in [0.5, 0.6) is 0 Å². The van der Waals surface area contributed by atoms with Crippen molar-refractivity contribution in [2.24, 2.45) is 0 Å². The molecule has 0 unspecified atom stereocenters. The van der Waals surface area contributed by atoms with Crippen LogP contribution in [0.15, 0.2) is 47.8 Å². The summed E-state index contributed by atoms with van der Waals surface area (Å²) in [6.45, 7) is 2.78. The van der Waals surface area contributed by atoms with Crippen molar-refractivity contribution in [3.05, 3.63) is 69.7 Å². The lowest BCUT2D eigenvalue weighted by molar-refractivity contribution is -0.117. The number of esters is 1. The van der Waals surface area contributed by atoms with Gasteiger partial charge < -0.3 is 20.3 Å². The number of hydrogen-bond donors (Lipinski definition) is 2. The fourth-order valence-electron chi connectivity index (χ4n) is 4.32. The minimum Gasteiger partial charge on any atom is -0.456 e. The van der Waals surface area contributed by atoms with Gasteiger partial charge in [0.2, 0.25) is 11.8 Å². The van der Waals surface area contributed by atoms with Crippen molar-refractivity contribution in [2.75, 3.05) is 22.1 Å². The SMILES string of the molecule is Cc1ccccc1NC(=O)Cc1nc(COC(=O)c2ccc3c(c2)NC(=O)[C@H]2CCCN32)cs1. The van der Waals surface area contributed by atoms with Crippen LogP contribution in [0.4, 0.5) is 17.1 Å². The molecule has 9 heteroatoms. The zero-order valence-electron chi connectivity index (χ0n) is 18.7. The van der Waals surface area contributed by atoms with Crippen LogP contribution in [0.2, 0.25) is 0 Å². The summed E-state index contributed by atoms with van der Waals surface area (Å²) in [5, 5.41) is 8.23. The normalized spacial score (nSPS) is 16.4. The molecule has 0 spiro atoms. The van der Waals surface area contributed by atoms with E-state index < -0.39 is 5.97 Å².